The topological polar surface area (TPSA) is 59.6 Å². The van der Waals surface area contributed by atoms with Gasteiger partial charge in [-0.05, 0) is 66.7 Å². The molecule has 1 atom stereocenters. The first-order chi connectivity index (χ1) is 12.9. The molecule has 0 saturated carbocycles. The standard InChI is InChI=1S/C19H31FN2O3S.C2H6/c1-13(22-26-19(5,6)7)15-12-14(20)8-9-16(15)24-11-10-21-17(23)25-18(2,3)4;1-2/h8-9,12-13,22H,10-11H2,1-7H3,(H,21,23);1-2H3. The monoisotopic (exact) mass is 416 g/mol. The number of carbonyl (C=O) groups is 1. The number of rotatable bonds is 7. The van der Waals surface area contributed by atoms with Gasteiger partial charge in [-0.3, -0.25) is 4.72 Å². The quantitative estimate of drug-likeness (QED) is 0.431. The summed E-state index contributed by atoms with van der Waals surface area (Å²) in [6, 6.07) is 4.35. The van der Waals surface area contributed by atoms with Gasteiger partial charge < -0.3 is 14.8 Å². The van der Waals surface area contributed by atoms with E-state index >= 15 is 0 Å². The fourth-order valence-corrected chi connectivity index (χ4v) is 2.60. The summed E-state index contributed by atoms with van der Waals surface area (Å²) in [4.78, 5) is 11.6. The summed E-state index contributed by atoms with van der Waals surface area (Å²) in [5, 5.41) is 2.63. The molecule has 28 heavy (non-hydrogen) atoms. The van der Waals surface area contributed by atoms with E-state index in [9.17, 15) is 9.18 Å². The van der Waals surface area contributed by atoms with Gasteiger partial charge in [0, 0.05) is 16.4 Å². The van der Waals surface area contributed by atoms with E-state index in [-0.39, 0.29) is 23.2 Å². The molecule has 0 aliphatic carbocycles. The molecule has 162 valence electrons. The third-order valence-electron chi connectivity index (χ3n) is 3.01. The molecule has 0 saturated heterocycles. The van der Waals surface area contributed by atoms with Crippen molar-refractivity contribution in [2.45, 2.75) is 78.7 Å². The van der Waals surface area contributed by atoms with Gasteiger partial charge in [-0.2, -0.15) is 0 Å². The highest BCUT2D eigenvalue weighted by molar-refractivity contribution is 7.98. The molecule has 1 amide bonds. The molecule has 1 rings (SSSR count). The number of halogens is 1. The van der Waals surface area contributed by atoms with Crippen LogP contribution in [0.15, 0.2) is 18.2 Å². The number of nitrogens with one attached hydrogen (secondary N) is 2. The second-order valence-electron chi connectivity index (χ2n) is 8.01. The maximum atomic E-state index is 13.7. The van der Waals surface area contributed by atoms with Crippen LogP contribution in [0.5, 0.6) is 5.75 Å². The Morgan fingerprint density at radius 3 is 2.32 bits per heavy atom. The summed E-state index contributed by atoms with van der Waals surface area (Å²) < 4.78 is 27.9. The van der Waals surface area contributed by atoms with E-state index in [1.54, 1.807) is 38.8 Å². The molecule has 2 N–H and O–H groups in total. The van der Waals surface area contributed by atoms with Gasteiger partial charge in [0.1, 0.15) is 23.8 Å². The van der Waals surface area contributed by atoms with Crippen LogP contribution in [0, 0.1) is 5.82 Å². The van der Waals surface area contributed by atoms with E-state index in [2.05, 4.69) is 30.8 Å². The summed E-state index contributed by atoms with van der Waals surface area (Å²) in [7, 11) is 0. The van der Waals surface area contributed by atoms with Crippen molar-refractivity contribution in [2.75, 3.05) is 13.2 Å². The highest BCUT2D eigenvalue weighted by Gasteiger charge is 2.18. The fraction of sp³-hybridized carbons (Fsp3) is 0.667. The predicted octanol–water partition coefficient (Wildman–Crippen LogP) is 5.85. The van der Waals surface area contributed by atoms with Crippen LogP contribution in [0.25, 0.3) is 0 Å². The Bertz CT molecular complexity index is 598. The Morgan fingerprint density at radius 2 is 1.79 bits per heavy atom. The van der Waals surface area contributed by atoms with Crippen LogP contribution in [-0.2, 0) is 4.74 Å². The second-order valence-corrected chi connectivity index (χ2v) is 9.68. The lowest BCUT2D eigenvalue weighted by molar-refractivity contribution is 0.0520. The number of ether oxygens (including phenoxy) is 2. The van der Waals surface area contributed by atoms with E-state index in [0.29, 0.717) is 12.3 Å². The minimum absolute atomic E-state index is 0.0416. The molecule has 0 bridgehead atoms. The van der Waals surface area contributed by atoms with Gasteiger partial charge in [0.05, 0.1) is 6.54 Å². The number of hydrogen-bond acceptors (Lipinski definition) is 5. The normalized spacial score (nSPS) is 12.5. The van der Waals surface area contributed by atoms with E-state index in [0.717, 1.165) is 5.56 Å². The van der Waals surface area contributed by atoms with Crippen molar-refractivity contribution >= 4 is 18.0 Å². The lowest BCUT2D eigenvalue weighted by atomic mass is 10.1. The molecule has 0 spiro atoms. The lowest BCUT2D eigenvalue weighted by Crippen LogP contribution is -2.34. The Hall–Kier alpha value is -1.47. The lowest BCUT2D eigenvalue weighted by Gasteiger charge is -2.23. The minimum atomic E-state index is -0.541. The molecule has 1 aromatic carbocycles. The molecular weight excluding hydrogens is 379 g/mol. The Morgan fingerprint density at radius 1 is 1.18 bits per heavy atom. The van der Waals surface area contributed by atoms with Gasteiger partial charge in [-0.15, -0.1) is 0 Å². The summed E-state index contributed by atoms with van der Waals surface area (Å²) in [5.41, 5.74) is 0.194. The summed E-state index contributed by atoms with van der Waals surface area (Å²) in [5.74, 6) is 0.278. The van der Waals surface area contributed by atoms with Crippen molar-refractivity contribution in [3.63, 3.8) is 0 Å². The zero-order valence-electron chi connectivity index (χ0n) is 18.7. The van der Waals surface area contributed by atoms with E-state index in [4.69, 9.17) is 9.47 Å². The van der Waals surface area contributed by atoms with E-state index in [1.807, 2.05) is 20.8 Å². The van der Waals surface area contributed by atoms with Crippen LogP contribution in [0.4, 0.5) is 9.18 Å². The molecule has 0 aliphatic rings. The van der Waals surface area contributed by atoms with Crippen LogP contribution in [0.2, 0.25) is 0 Å². The number of alkyl carbamates (subject to hydrolysis) is 1. The van der Waals surface area contributed by atoms with Gasteiger partial charge in [-0.25, -0.2) is 9.18 Å². The molecule has 0 aliphatic heterocycles. The van der Waals surface area contributed by atoms with Crippen LogP contribution in [0.1, 0.15) is 73.9 Å². The molecule has 1 aromatic rings. The van der Waals surface area contributed by atoms with Crippen LogP contribution < -0.4 is 14.8 Å². The van der Waals surface area contributed by atoms with Crippen molar-refractivity contribution in [1.29, 1.82) is 0 Å². The molecule has 5 nitrogen and oxygen atoms in total. The molecule has 0 heterocycles. The van der Waals surface area contributed by atoms with Crippen LogP contribution >= 0.6 is 11.9 Å². The van der Waals surface area contributed by atoms with Crippen molar-refractivity contribution < 1.29 is 18.7 Å². The first-order valence-corrected chi connectivity index (χ1v) is 10.5. The predicted molar refractivity (Wildman–Crippen MR) is 116 cm³/mol. The fourth-order valence-electron chi connectivity index (χ4n) is 1.95. The molecular formula is C21H37FN2O3S. The van der Waals surface area contributed by atoms with Crippen LogP contribution in [-0.4, -0.2) is 29.6 Å². The molecule has 0 fully saturated rings. The highest BCUT2D eigenvalue weighted by atomic mass is 32.2. The number of benzene rings is 1. The third kappa shape index (κ3) is 12.1. The maximum Gasteiger partial charge on any atom is 0.407 e. The smallest absolute Gasteiger partial charge is 0.407 e. The number of amides is 1. The molecule has 0 radical (unpaired) electrons. The zero-order valence-corrected chi connectivity index (χ0v) is 19.6. The van der Waals surface area contributed by atoms with Gasteiger partial charge >= 0.3 is 6.09 Å². The first-order valence-electron chi connectivity index (χ1n) is 9.70. The highest BCUT2D eigenvalue weighted by Crippen LogP contribution is 2.30. The minimum Gasteiger partial charge on any atom is -0.491 e. The van der Waals surface area contributed by atoms with Crippen molar-refractivity contribution in [3.8, 4) is 5.75 Å². The average Bonchev–Trinajstić information content (AvgIpc) is 2.57. The van der Waals surface area contributed by atoms with Crippen LogP contribution in [0.3, 0.4) is 0 Å². The molecule has 7 heteroatoms. The SMILES string of the molecule is CC.CC(NSC(C)(C)C)c1cc(F)ccc1OCCNC(=O)OC(C)(C)C. The number of carbonyl (C=O) groups excluding carboxylic acids is 1. The zero-order chi connectivity index (χ0) is 22.0. The second kappa shape index (κ2) is 12.2. The molecule has 1 unspecified atom stereocenters. The van der Waals surface area contributed by atoms with Gasteiger partial charge in [-0.1, -0.05) is 25.8 Å². The maximum absolute atomic E-state index is 13.7. The summed E-state index contributed by atoms with van der Waals surface area (Å²) in [6.45, 7) is 18.2. The largest absolute Gasteiger partial charge is 0.491 e. The van der Waals surface area contributed by atoms with Crippen molar-refractivity contribution in [1.82, 2.24) is 10.0 Å². The first kappa shape index (κ1) is 26.5. The van der Waals surface area contributed by atoms with E-state index < -0.39 is 11.7 Å². The summed E-state index contributed by atoms with van der Waals surface area (Å²) >= 11 is 1.59. The Balaban J connectivity index is 0.00000352. The van der Waals surface area contributed by atoms with E-state index in [1.165, 1.54) is 12.1 Å². The molecule has 0 aromatic heterocycles. The summed E-state index contributed by atoms with van der Waals surface area (Å²) in [6.07, 6.45) is -0.489. The average molecular weight is 417 g/mol. The van der Waals surface area contributed by atoms with Gasteiger partial charge in [0.15, 0.2) is 0 Å². The number of hydrogen-bond donors (Lipinski definition) is 2. The Labute approximate surface area is 174 Å². The Kier molecular flexibility index (Phi) is 11.5. The van der Waals surface area contributed by atoms with Crippen molar-refractivity contribution in [3.05, 3.63) is 29.6 Å². The van der Waals surface area contributed by atoms with Gasteiger partial charge in [0.2, 0.25) is 0 Å². The van der Waals surface area contributed by atoms with Crippen molar-refractivity contribution in [2.24, 2.45) is 0 Å². The van der Waals surface area contributed by atoms with Gasteiger partial charge in [0.25, 0.3) is 0 Å². The third-order valence-corrected chi connectivity index (χ3v) is 4.09.